The molecule has 0 unspecified atom stereocenters. The lowest BCUT2D eigenvalue weighted by molar-refractivity contribution is -0.126. The topological polar surface area (TPSA) is 20.3 Å². The van der Waals surface area contributed by atoms with Crippen LogP contribution in [0.25, 0.3) is 6.08 Å². The standard InChI is InChI=1S/C14H16FNO/c15-13-7-3-2-6-12(13)8-9-14(17)16-10-4-1-5-11-16/h2-3,6-9H,1,4-5,10-11H2. The maximum atomic E-state index is 13.3. The van der Waals surface area contributed by atoms with Gasteiger partial charge in [-0.1, -0.05) is 18.2 Å². The van der Waals surface area contributed by atoms with E-state index in [1.54, 1.807) is 24.3 Å². The Hall–Kier alpha value is -1.64. The van der Waals surface area contributed by atoms with E-state index >= 15 is 0 Å². The van der Waals surface area contributed by atoms with Crippen LogP contribution in [0.15, 0.2) is 30.3 Å². The largest absolute Gasteiger partial charge is 0.339 e. The summed E-state index contributed by atoms with van der Waals surface area (Å²) in [5, 5.41) is 0. The molecule has 1 aliphatic rings. The number of benzene rings is 1. The van der Waals surface area contributed by atoms with Crippen LogP contribution >= 0.6 is 0 Å². The summed E-state index contributed by atoms with van der Waals surface area (Å²) < 4.78 is 13.3. The molecule has 0 aromatic heterocycles. The van der Waals surface area contributed by atoms with E-state index in [1.807, 2.05) is 4.90 Å². The van der Waals surface area contributed by atoms with Crippen molar-refractivity contribution in [2.45, 2.75) is 19.3 Å². The number of carbonyl (C=O) groups excluding carboxylic acids is 1. The second kappa shape index (κ2) is 5.62. The monoisotopic (exact) mass is 233 g/mol. The van der Waals surface area contributed by atoms with Crippen molar-refractivity contribution in [1.29, 1.82) is 0 Å². The molecular formula is C14H16FNO. The van der Waals surface area contributed by atoms with Crippen LogP contribution in [0.2, 0.25) is 0 Å². The molecule has 0 atom stereocenters. The van der Waals surface area contributed by atoms with Crippen molar-refractivity contribution in [3.05, 3.63) is 41.7 Å². The number of halogens is 1. The Morgan fingerprint density at radius 3 is 2.59 bits per heavy atom. The molecule has 0 spiro atoms. The number of carbonyl (C=O) groups is 1. The first-order valence-corrected chi connectivity index (χ1v) is 5.99. The highest BCUT2D eigenvalue weighted by Gasteiger charge is 2.13. The third-order valence-corrected chi connectivity index (χ3v) is 2.98. The van der Waals surface area contributed by atoms with Gasteiger partial charge in [-0.25, -0.2) is 4.39 Å². The molecular weight excluding hydrogens is 217 g/mol. The second-order valence-electron chi connectivity index (χ2n) is 4.24. The summed E-state index contributed by atoms with van der Waals surface area (Å²) in [4.78, 5) is 13.6. The summed E-state index contributed by atoms with van der Waals surface area (Å²) in [6, 6.07) is 6.45. The number of piperidine rings is 1. The molecule has 2 nitrogen and oxygen atoms in total. The summed E-state index contributed by atoms with van der Waals surface area (Å²) in [5.74, 6) is -0.317. The van der Waals surface area contributed by atoms with Crippen molar-refractivity contribution in [2.24, 2.45) is 0 Å². The molecule has 1 fully saturated rings. The summed E-state index contributed by atoms with van der Waals surface area (Å²) >= 11 is 0. The number of rotatable bonds is 2. The fourth-order valence-electron chi connectivity index (χ4n) is 1.99. The molecule has 3 heteroatoms. The highest BCUT2D eigenvalue weighted by atomic mass is 19.1. The molecule has 0 aliphatic carbocycles. The number of amides is 1. The average Bonchev–Trinajstić information content (AvgIpc) is 2.38. The first-order valence-electron chi connectivity index (χ1n) is 5.99. The Labute approximate surface area is 101 Å². The minimum atomic E-state index is -0.296. The lowest BCUT2D eigenvalue weighted by Crippen LogP contribution is -2.34. The van der Waals surface area contributed by atoms with Gasteiger partial charge in [0.15, 0.2) is 0 Å². The Morgan fingerprint density at radius 1 is 1.18 bits per heavy atom. The van der Waals surface area contributed by atoms with Gasteiger partial charge >= 0.3 is 0 Å². The van der Waals surface area contributed by atoms with Gasteiger partial charge in [-0.2, -0.15) is 0 Å². The average molecular weight is 233 g/mol. The molecule has 0 saturated carbocycles. The number of hydrogen-bond donors (Lipinski definition) is 0. The molecule has 0 bridgehead atoms. The normalized spacial score (nSPS) is 16.4. The molecule has 0 N–H and O–H groups in total. The molecule has 2 rings (SSSR count). The first-order chi connectivity index (χ1) is 8.27. The summed E-state index contributed by atoms with van der Waals surface area (Å²) in [7, 11) is 0. The van der Waals surface area contributed by atoms with E-state index < -0.39 is 0 Å². The molecule has 90 valence electrons. The molecule has 1 saturated heterocycles. The molecule has 1 amide bonds. The van der Waals surface area contributed by atoms with Gasteiger partial charge in [-0.05, 0) is 31.4 Å². The van der Waals surface area contributed by atoms with Gasteiger partial charge in [0.05, 0.1) is 0 Å². The van der Waals surface area contributed by atoms with Crippen LogP contribution in [0, 0.1) is 5.82 Å². The molecule has 1 aromatic carbocycles. The molecule has 0 radical (unpaired) electrons. The van der Waals surface area contributed by atoms with E-state index in [-0.39, 0.29) is 11.7 Å². The van der Waals surface area contributed by atoms with Crippen molar-refractivity contribution < 1.29 is 9.18 Å². The fourth-order valence-corrected chi connectivity index (χ4v) is 1.99. The molecule has 1 aliphatic heterocycles. The predicted octanol–water partition coefficient (Wildman–Crippen LogP) is 2.85. The zero-order chi connectivity index (χ0) is 12.1. The van der Waals surface area contributed by atoms with Gasteiger partial charge in [-0.3, -0.25) is 4.79 Å². The SMILES string of the molecule is O=C(C=Cc1ccccc1F)N1CCCCC1. The lowest BCUT2D eigenvalue weighted by Gasteiger charge is -2.25. The van der Waals surface area contributed by atoms with Crippen molar-refractivity contribution in [3.8, 4) is 0 Å². The van der Waals surface area contributed by atoms with Crippen LogP contribution in [0.1, 0.15) is 24.8 Å². The minimum Gasteiger partial charge on any atom is -0.339 e. The van der Waals surface area contributed by atoms with Crippen molar-refractivity contribution in [2.75, 3.05) is 13.1 Å². The van der Waals surface area contributed by atoms with Crippen LogP contribution in [-0.2, 0) is 4.79 Å². The summed E-state index contributed by atoms with van der Waals surface area (Å²) in [6.45, 7) is 1.64. The quantitative estimate of drug-likeness (QED) is 0.719. The highest BCUT2D eigenvalue weighted by Crippen LogP contribution is 2.11. The Kier molecular flexibility index (Phi) is 3.91. The summed E-state index contributed by atoms with van der Waals surface area (Å²) in [6.07, 6.45) is 6.34. The van der Waals surface area contributed by atoms with E-state index in [0.717, 1.165) is 25.9 Å². The van der Waals surface area contributed by atoms with Gasteiger partial charge < -0.3 is 4.90 Å². The Bertz CT molecular complexity index is 422. The number of hydrogen-bond acceptors (Lipinski definition) is 1. The number of likely N-dealkylation sites (tertiary alicyclic amines) is 1. The van der Waals surface area contributed by atoms with Crippen LogP contribution < -0.4 is 0 Å². The van der Waals surface area contributed by atoms with Gasteiger partial charge in [-0.15, -0.1) is 0 Å². The zero-order valence-corrected chi connectivity index (χ0v) is 9.73. The van der Waals surface area contributed by atoms with Crippen molar-refractivity contribution in [1.82, 2.24) is 4.90 Å². The van der Waals surface area contributed by atoms with Crippen LogP contribution in [-0.4, -0.2) is 23.9 Å². The summed E-state index contributed by atoms with van der Waals surface area (Å²) in [5.41, 5.74) is 0.456. The van der Waals surface area contributed by atoms with Crippen LogP contribution in [0.3, 0.4) is 0 Å². The van der Waals surface area contributed by atoms with Crippen molar-refractivity contribution in [3.63, 3.8) is 0 Å². The smallest absolute Gasteiger partial charge is 0.246 e. The fraction of sp³-hybridized carbons (Fsp3) is 0.357. The van der Waals surface area contributed by atoms with E-state index in [2.05, 4.69) is 0 Å². The van der Waals surface area contributed by atoms with E-state index in [0.29, 0.717) is 5.56 Å². The lowest BCUT2D eigenvalue weighted by atomic mass is 10.1. The van der Waals surface area contributed by atoms with Gasteiger partial charge in [0.2, 0.25) is 5.91 Å². The maximum Gasteiger partial charge on any atom is 0.246 e. The first kappa shape index (κ1) is 11.8. The van der Waals surface area contributed by atoms with Gasteiger partial charge in [0, 0.05) is 24.7 Å². The van der Waals surface area contributed by atoms with Gasteiger partial charge in [0.1, 0.15) is 5.82 Å². The van der Waals surface area contributed by atoms with Crippen molar-refractivity contribution >= 4 is 12.0 Å². The van der Waals surface area contributed by atoms with E-state index in [9.17, 15) is 9.18 Å². The second-order valence-corrected chi connectivity index (χ2v) is 4.24. The minimum absolute atomic E-state index is 0.0204. The van der Waals surface area contributed by atoms with E-state index in [1.165, 1.54) is 18.6 Å². The predicted molar refractivity (Wildman–Crippen MR) is 65.9 cm³/mol. The molecule has 17 heavy (non-hydrogen) atoms. The van der Waals surface area contributed by atoms with Crippen LogP contribution in [0.4, 0.5) is 4.39 Å². The van der Waals surface area contributed by atoms with E-state index in [4.69, 9.17) is 0 Å². The molecule has 1 heterocycles. The molecule has 1 aromatic rings. The third kappa shape index (κ3) is 3.16. The zero-order valence-electron chi connectivity index (χ0n) is 9.73. The Balaban J connectivity index is 2.00. The van der Waals surface area contributed by atoms with Gasteiger partial charge in [0.25, 0.3) is 0 Å². The third-order valence-electron chi connectivity index (χ3n) is 2.98. The van der Waals surface area contributed by atoms with Crippen LogP contribution in [0.5, 0.6) is 0 Å². The highest BCUT2D eigenvalue weighted by molar-refractivity contribution is 5.91. The Morgan fingerprint density at radius 2 is 1.88 bits per heavy atom. The maximum absolute atomic E-state index is 13.3. The number of nitrogens with zero attached hydrogens (tertiary/aromatic N) is 1.